The smallest absolute Gasteiger partial charge is 0.115 e. The lowest BCUT2D eigenvalue weighted by atomic mass is 9.70. The monoisotopic (exact) mass is 340 g/mol. The number of hydrogen-bond donors (Lipinski definition) is 2. The van der Waals surface area contributed by atoms with Gasteiger partial charge in [-0.2, -0.15) is 0 Å². The highest BCUT2D eigenvalue weighted by atomic mass is 16.3. The summed E-state index contributed by atoms with van der Waals surface area (Å²) < 4.78 is 0. The molecule has 0 spiro atoms. The van der Waals surface area contributed by atoms with E-state index < -0.39 is 0 Å². The lowest BCUT2D eigenvalue weighted by Gasteiger charge is -2.32. The molecular weight excluding hydrogens is 320 g/mol. The Morgan fingerprint density at radius 2 is 1.38 bits per heavy atom. The van der Waals surface area contributed by atoms with Crippen molar-refractivity contribution in [1.82, 2.24) is 0 Å². The first-order valence-electron chi connectivity index (χ1n) is 9.07. The Hall–Kier alpha value is -3.00. The van der Waals surface area contributed by atoms with Crippen molar-refractivity contribution in [3.8, 4) is 11.5 Å². The molecule has 0 aliphatic heterocycles. The van der Waals surface area contributed by atoms with E-state index in [0.717, 1.165) is 12.8 Å². The molecule has 1 atom stereocenters. The van der Waals surface area contributed by atoms with Gasteiger partial charge < -0.3 is 10.2 Å². The van der Waals surface area contributed by atoms with Crippen LogP contribution in [0.5, 0.6) is 11.5 Å². The minimum atomic E-state index is -0.260. The van der Waals surface area contributed by atoms with Gasteiger partial charge in [0.25, 0.3) is 0 Å². The SMILES string of the molecule is Oc1ccc(C2(c3ccc(O)cc3)CC3CC=Cc4cccc2c43)cc1. The van der Waals surface area contributed by atoms with Gasteiger partial charge in [-0.05, 0) is 70.8 Å². The van der Waals surface area contributed by atoms with Crippen LogP contribution in [0.1, 0.15) is 46.6 Å². The van der Waals surface area contributed by atoms with Gasteiger partial charge in [0.2, 0.25) is 0 Å². The number of benzene rings is 3. The number of allylic oxidation sites excluding steroid dienone is 1. The Morgan fingerprint density at radius 3 is 2.00 bits per heavy atom. The van der Waals surface area contributed by atoms with Gasteiger partial charge in [-0.25, -0.2) is 0 Å². The Morgan fingerprint density at radius 1 is 0.769 bits per heavy atom. The molecule has 2 heteroatoms. The van der Waals surface area contributed by atoms with Gasteiger partial charge in [0.15, 0.2) is 0 Å². The minimum absolute atomic E-state index is 0.260. The third kappa shape index (κ3) is 2.05. The molecule has 0 aromatic heterocycles. The predicted molar refractivity (Wildman–Crippen MR) is 104 cm³/mol. The molecule has 26 heavy (non-hydrogen) atoms. The Labute approximate surface area is 153 Å². The predicted octanol–water partition coefficient (Wildman–Crippen LogP) is 5.34. The zero-order valence-electron chi connectivity index (χ0n) is 14.4. The molecule has 0 radical (unpaired) electrons. The molecule has 0 saturated carbocycles. The largest absolute Gasteiger partial charge is 0.508 e. The Balaban J connectivity index is 1.82. The van der Waals surface area contributed by atoms with Crippen molar-refractivity contribution in [2.24, 2.45) is 0 Å². The van der Waals surface area contributed by atoms with Crippen LogP contribution in [0.2, 0.25) is 0 Å². The molecule has 2 aliphatic rings. The van der Waals surface area contributed by atoms with Crippen LogP contribution in [0.4, 0.5) is 0 Å². The van der Waals surface area contributed by atoms with Gasteiger partial charge in [0, 0.05) is 5.41 Å². The summed E-state index contributed by atoms with van der Waals surface area (Å²) in [7, 11) is 0. The van der Waals surface area contributed by atoms with E-state index in [1.807, 2.05) is 24.3 Å². The highest BCUT2D eigenvalue weighted by Crippen LogP contribution is 2.57. The molecule has 1 unspecified atom stereocenters. The first-order valence-corrected chi connectivity index (χ1v) is 9.07. The zero-order chi connectivity index (χ0) is 17.7. The van der Waals surface area contributed by atoms with Crippen LogP contribution in [0.15, 0.2) is 72.8 Å². The molecule has 0 amide bonds. The van der Waals surface area contributed by atoms with Crippen LogP contribution in [0.3, 0.4) is 0 Å². The maximum absolute atomic E-state index is 9.79. The fourth-order valence-electron chi connectivity index (χ4n) is 4.90. The van der Waals surface area contributed by atoms with Gasteiger partial charge in [0.1, 0.15) is 11.5 Å². The van der Waals surface area contributed by atoms with Gasteiger partial charge in [0.05, 0.1) is 0 Å². The first-order chi connectivity index (χ1) is 12.7. The first kappa shape index (κ1) is 15.3. The molecule has 128 valence electrons. The van der Waals surface area contributed by atoms with Crippen LogP contribution in [0, 0.1) is 0 Å². The summed E-state index contributed by atoms with van der Waals surface area (Å²) in [6.45, 7) is 0. The highest BCUT2D eigenvalue weighted by molar-refractivity contribution is 5.68. The number of aromatic hydroxyl groups is 2. The molecule has 2 nitrogen and oxygen atoms in total. The van der Waals surface area contributed by atoms with Crippen molar-refractivity contribution in [3.63, 3.8) is 0 Å². The molecule has 2 N–H and O–H groups in total. The summed E-state index contributed by atoms with van der Waals surface area (Å²) in [5, 5.41) is 19.6. The maximum atomic E-state index is 9.79. The van der Waals surface area contributed by atoms with E-state index in [1.54, 1.807) is 24.3 Å². The lowest BCUT2D eigenvalue weighted by molar-refractivity contribution is 0.473. The summed E-state index contributed by atoms with van der Waals surface area (Å²) in [6, 6.07) is 21.8. The second kappa shape index (κ2) is 5.50. The van der Waals surface area contributed by atoms with Gasteiger partial charge >= 0.3 is 0 Å². The molecule has 3 aromatic rings. The quantitative estimate of drug-likeness (QED) is 0.661. The number of phenols is 2. The number of hydrogen-bond acceptors (Lipinski definition) is 2. The van der Waals surface area contributed by atoms with Gasteiger partial charge in [-0.3, -0.25) is 0 Å². The summed E-state index contributed by atoms with van der Waals surface area (Å²) in [5.41, 5.74) is 6.23. The Kier molecular flexibility index (Phi) is 3.23. The van der Waals surface area contributed by atoms with E-state index in [9.17, 15) is 10.2 Å². The van der Waals surface area contributed by atoms with Crippen molar-refractivity contribution in [2.75, 3.05) is 0 Å². The average molecular weight is 340 g/mol. The number of rotatable bonds is 2. The van der Waals surface area contributed by atoms with E-state index >= 15 is 0 Å². The summed E-state index contributed by atoms with van der Waals surface area (Å²) in [6.07, 6.45) is 6.57. The molecule has 3 aromatic carbocycles. The fraction of sp³-hybridized carbons (Fsp3) is 0.167. The fourth-order valence-corrected chi connectivity index (χ4v) is 4.90. The van der Waals surface area contributed by atoms with Crippen LogP contribution < -0.4 is 0 Å². The van der Waals surface area contributed by atoms with Crippen molar-refractivity contribution in [3.05, 3.63) is 101 Å². The minimum Gasteiger partial charge on any atom is -0.508 e. The second-order valence-electron chi connectivity index (χ2n) is 7.35. The standard InChI is InChI=1S/C24H20O2/c25-20-11-7-18(8-12-20)24(19-9-13-21(26)14-10-19)15-17-5-1-3-16-4-2-6-22(24)23(16)17/h1-4,6-14,17,25-26H,5,15H2. The van der Waals surface area contributed by atoms with Crippen molar-refractivity contribution >= 4 is 6.08 Å². The summed E-state index contributed by atoms with van der Waals surface area (Å²) in [5.74, 6) is 1.06. The third-order valence-corrected chi connectivity index (χ3v) is 6.00. The van der Waals surface area contributed by atoms with E-state index in [0.29, 0.717) is 5.92 Å². The third-order valence-electron chi connectivity index (χ3n) is 6.00. The van der Waals surface area contributed by atoms with Crippen LogP contribution in [-0.4, -0.2) is 10.2 Å². The molecule has 0 heterocycles. The molecule has 0 bridgehead atoms. The van der Waals surface area contributed by atoms with Crippen LogP contribution >= 0.6 is 0 Å². The van der Waals surface area contributed by atoms with Crippen molar-refractivity contribution < 1.29 is 10.2 Å². The van der Waals surface area contributed by atoms with E-state index in [-0.39, 0.29) is 16.9 Å². The van der Waals surface area contributed by atoms with E-state index in [4.69, 9.17) is 0 Å². The summed E-state index contributed by atoms with van der Waals surface area (Å²) in [4.78, 5) is 0. The van der Waals surface area contributed by atoms with Crippen LogP contribution in [-0.2, 0) is 5.41 Å². The highest BCUT2D eigenvalue weighted by Gasteiger charge is 2.47. The Bertz CT molecular complexity index is 952. The van der Waals surface area contributed by atoms with Crippen molar-refractivity contribution in [2.45, 2.75) is 24.2 Å². The molecule has 2 aliphatic carbocycles. The van der Waals surface area contributed by atoms with E-state index in [2.05, 4.69) is 30.4 Å². The number of phenolic OH excluding ortho intramolecular Hbond substituents is 2. The van der Waals surface area contributed by atoms with Gasteiger partial charge in [-0.15, -0.1) is 0 Å². The molecule has 0 fully saturated rings. The molecule has 5 rings (SSSR count). The second-order valence-corrected chi connectivity index (χ2v) is 7.35. The summed E-state index contributed by atoms with van der Waals surface area (Å²) >= 11 is 0. The molecule has 0 saturated heterocycles. The maximum Gasteiger partial charge on any atom is 0.115 e. The van der Waals surface area contributed by atoms with E-state index in [1.165, 1.54) is 27.8 Å². The van der Waals surface area contributed by atoms with Crippen molar-refractivity contribution in [1.29, 1.82) is 0 Å². The molecular formula is C24H20O2. The van der Waals surface area contributed by atoms with Crippen LogP contribution in [0.25, 0.3) is 6.08 Å². The normalized spacial score (nSPS) is 19.3. The average Bonchev–Trinajstić information content (AvgIpc) is 3.01. The zero-order valence-corrected chi connectivity index (χ0v) is 14.4. The lowest BCUT2D eigenvalue weighted by Crippen LogP contribution is -2.26. The van der Waals surface area contributed by atoms with Gasteiger partial charge in [-0.1, -0.05) is 54.6 Å². The topological polar surface area (TPSA) is 40.5 Å².